The van der Waals surface area contributed by atoms with Crippen LogP contribution < -0.4 is 9.67 Å². The molecule has 2 aliphatic rings. The molecule has 35 heavy (non-hydrogen) atoms. The Hall–Kier alpha value is -3.74. The third-order valence-corrected chi connectivity index (χ3v) is 6.95. The molecule has 5 rings (SSSR count). The Morgan fingerprint density at radius 3 is 2.26 bits per heavy atom. The van der Waals surface area contributed by atoms with Gasteiger partial charge in [0.05, 0.1) is 11.4 Å². The molecule has 0 unspecified atom stereocenters. The molecule has 7 heteroatoms. The van der Waals surface area contributed by atoms with E-state index in [1.54, 1.807) is 17.0 Å². The van der Waals surface area contributed by atoms with E-state index in [0.717, 1.165) is 37.7 Å². The van der Waals surface area contributed by atoms with Gasteiger partial charge in [-0.05, 0) is 49.3 Å². The van der Waals surface area contributed by atoms with E-state index in [1.807, 2.05) is 63.2 Å². The Morgan fingerprint density at radius 1 is 0.971 bits per heavy atom. The first-order chi connectivity index (χ1) is 16.9. The van der Waals surface area contributed by atoms with Crippen molar-refractivity contribution in [2.75, 3.05) is 0 Å². The topological polar surface area (TPSA) is 82.1 Å². The molecule has 1 fully saturated rings. The number of nitrogens with zero attached hydrogens (tertiary/aromatic N) is 4. The van der Waals surface area contributed by atoms with Gasteiger partial charge in [0.1, 0.15) is 5.57 Å². The van der Waals surface area contributed by atoms with E-state index in [2.05, 4.69) is 5.10 Å². The van der Waals surface area contributed by atoms with E-state index < -0.39 is 5.91 Å². The van der Waals surface area contributed by atoms with Crippen molar-refractivity contribution in [2.45, 2.75) is 64.8 Å². The Bertz CT molecular complexity index is 1300. The lowest BCUT2D eigenvalue weighted by atomic mass is 9.94. The van der Waals surface area contributed by atoms with Crippen molar-refractivity contribution in [3.05, 3.63) is 71.7 Å². The highest BCUT2D eigenvalue weighted by molar-refractivity contribution is 6.45. The van der Waals surface area contributed by atoms with Gasteiger partial charge in [-0.3, -0.25) is 14.5 Å². The fourth-order valence-corrected chi connectivity index (χ4v) is 5.12. The summed E-state index contributed by atoms with van der Waals surface area (Å²) in [4.78, 5) is 29.3. The van der Waals surface area contributed by atoms with Gasteiger partial charge in [-0.15, -0.1) is 0 Å². The fourth-order valence-electron chi connectivity index (χ4n) is 5.12. The second kappa shape index (κ2) is 9.13. The normalized spacial score (nSPS) is 17.2. The minimum absolute atomic E-state index is 0.119. The van der Waals surface area contributed by atoms with E-state index in [1.165, 1.54) is 9.58 Å². The molecule has 0 spiro atoms. The van der Waals surface area contributed by atoms with Gasteiger partial charge in [0.2, 0.25) is 0 Å². The van der Waals surface area contributed by atoms with Crippen molar-refractivity contribution in [2.24, 2.45) is 0 Å². The first-order valence-corrected chi connectivity index (χ1v) is 12.3. The molecule has 2 aromatic heterocycles. The minimum atomic E-state index is -0.392. The Labute approximate surface area is 205 Å². The van der Waals surface area contributed by atoms with Gasteiger partial charge >= 0.3 is 5.91 Å². The van der Waals surface area contributed by atoms with E-state index >= 15 is 0 Å². The lowest BCUT2D eigenvalue weighted by Crippen LogP contribution is -2.45. The standard InChI is InChI=1S/C28H30N4O3/c1-18(2)24-22(27(34)32(29-24)21-12-8-5-9-13-21)23-25(30-16-14-19(3)15-17-30)28(35)31(26(23)33)20-10-6-4-7-11-20/h5,8-9,12-18,20H,4,6-7,10-11H2,1-3H3. The molecule has 0 saturated heterocycles. The van der Waals surface area contributed by atoms with Crippen LogP contribution in [0.5, 0.6) is 5.88 Å². The summed E-state index contributed by atoms with van der Waals surface area (Å²) in [6, 6.07) is 12.8. The molecule has 1 aliphatic heterocycles. The van der Waals surface area contributed by atoms with E-state index in [-0.39, 0.29) is 40.6 Å². The lowest BCUT2D eigenvalue weighted by Gasteiger charge is -2.29. The van der Waals surface area contributed by atoms with Gasteiger partial charge < -0.3 is 5.11 Å². The quantitative estimate of drug-likeness (QED) is 0.420. The van der Waals surface area contributed by atoms with Crippen molar-refractivity contribution in [1.82, 2.24) is 14.7 Å². The number of rotatable bonds is 5. The molecular formula is C28H30N4O3. The Kier molecular flexibility index (Phi) is 6.01. The number of carbonyl (C=O) groups excluding carboxylic acids is 2. The van der Waals surface area contributed by atoms with E-state index in [9.17, 15) is 14.7 Å². The number of benzene rings is 1. The van der Waals surface area contributed by atoms with Crippen LogP contribution in [-0.2, 0) is 9.59 Å². The Balaban J connectivity index is 1.74. The van der Waals surface area contributed by atoms with Crippen LogP contribution in [0.3, 0.4) is 0 Å². The van der Waals surface area contributed by atoms with Crippen molar-refractivity contribution in [3.63, 3.8) is 0 Å². The molecule has 2 amide bonds. The van der Waals surface area contributed by atoms with Crippen LogP contribution in [0.2, 0.25) is 0 Å². The summed E-state index contributed by atoms with van der Waals surface area (Å²) < 4.78 is 3.02. The number of imide groups is 1. The molecule has 1 aliphatic carbocycles. The fraction of sp³-hybridized carbons (Fsp3) is 0.357. The molecule has 0 atom stereocenters. The summed E-state index contributed by atoms with van der Waals surface area (Å²) in [5, 5.41) is 18.5. The molecular weight excluding hydrogens is 440 g/mol. The maximum Gasteiger partial charge on any atom is 0.327 e. The van der Waals surface area contributed by atoms with Crippen molar-refractivity contribution in [3.8, 4) is 11.6 Å². The van der Waals surface area contributed by atoms with Crippen LogP contribution in [0.4, 0.5) is 0 Å². The zero-order valence-electron chi connectivity index (χ0n) is 20.4. The monoisotopic (exact) mass is 470 g/mol. The second-order valence-corrected chi connectivity index (χ2v) is 9.75. The Morgan fingerprint density at radius 2 is 1.63 bits per heavy atom. The first-order valence-electron chi connectivity index (χ1n) is 12.3. The van der Waals surface area contributed by atoms with Gasteiger partial charge in [0.25, 0.3) is 11.6 Å². The third kappa shape index (κ3) is 3.95. The van der Waals surface area contributed by atoms with Crippen LogP contribution in [0.1, 0.15) is 68.7 Å². The molecule has 3 heterocycles. The van der Waals surface area contributed by atoms with Gasteiger partial charge in [0, 0.05) is 23.7 Å². The average molecular weight is 471 g/mol. The predicted molar refractivity (Wildman–Crippen MR) is 130 cm³/mol. The highest BCUT2D eigenvalue weighted by Crippen LogP contribution is 2.41. The highest BCUT2D eigenvalue weighted by atomic mass is 16.3. The van der Waals surface area contributed by atoms with Gasteiger partial charge in [-0.25, -0.2) is 4.68 Å². The number of aromatic nitrogens is 3. The zero-order valence-corrected chi connectivity index (χ0v) is 20.4. The number of carbonyl (C=O) groups is 2. The smallest absolute Gasteiger partial charge is 0.327 e. The van der Waals surface area contributed by atoms with Gasteiger partial charge in [-0.1, -0.05) is 51.3 Å². The molecule has 0 bridgehead atoms. The van der Waals surface area contributed by atoms with Crippen LogP contribution in [0, 0.1) is 6.92 Å². The zero-order chi connectivity index (χ0) is 24.7. The van der Waals surface area contributed by atoms with Crippen LogP contribution in [0.25, 0.3) is 17.0 Å². The van der Waals surface area contributed by atoms with E-state index in [0.29, 0.717) is 11.4 Å². The summed E-state index contributed by atoms with van der Waals surface area (Å²) in [5.74, 6) is -1.23. The summed E-state index contributed by atoms with van der Waals surface area (Å²) >= 11 is 0. The largest absolute Gasteiger partial charge is 0.858 e. The lowest BCUT2D eigenvalue weighted by molar-refractivity contribution is -0.577. The van der Waals surface area contributed by atoms with Crippen molar-refractivity contribution in [1.29, 1.82) is 0 Å². The van der Waals surface area contributed by atoms with Crippen LogP contribution >= 0.6 is 0 Å². The van der Waals surface area contributed by atoms with Gasteiger partial charge in [-0.2, -0.15) is 9.67 Å². The molecule has 7 nitrogen and oxygen atoms in total. The number of amides is 2. The highest BCUT2D eigenvalue weighted by Gasteiger charge is 2.49. The maximum absolute atomic E-state index is 14.0. The molecule has 3 aromatic rings. The van der Waals surface area contributed by atoms with E-state index in [4.69, 9.17) is 0 Å². The van der Waals surface area contributed by atoms with Crippen LogP contribution in [-0.4, -0.2) is 32.5 Å². The van der Waals surface area contributed by atoms with Crippen molar-refractivity contribution < 1.29 is 19.3 Å². The van der Waals surface area contributed by atoms with Gasteiger partial charge in [0.15, 0.2) is 12.4 Å². The number of para-hydroxylation sites is 1. The van der Waals surface area contributed by atoms with Crippen molar-refractivity contribution >= 4 is 23.1 Å². The number of pyridine rings is 1. The molecule has 1 aromatic carbocycles. The summed E-state index contributed by atoms with van der Waals surface area (Å²) in [6.07, 6.45) is 8.23. The summed E-state index contributed by atoms with van der Waals surface area (Å²) in [6.45, 7) is 5.85. The minimum Gasteiger partial charge on any atom is -0.858 e. The SMILES string of the molecule is Cc1cc[n+](C2=C(c3c(C(C)C)nn(-c4ccccc4)c3[O-])C(=O)N(C3CCCCC3)C2=O)cc1. The average Bonchev–Trinajstić information content (AvgIpc) is 3.33. The second-order valence-electron chi connectivity index (χ2n) is 9.75. The third-order valence-electron chi connectivity index (χ3n) is 6.95. The van der Waals surface area contributed by atoms with Crippen LogP contribution in [0.15, 0.2) is 54.9 Å². The predicted octanol–water partition coefficient (Wildman–Crippen LogP) is 3.74. The molecule has 0 radical (unpaired) electrons. The number of aryl methyl sites for hydroxylation is 1. The summed E-state index contributed by atoms with van der Waals surface area (Å²) in [5.41, 5.74) is 2.79. The maximum atomic E-state index is 14.0. The molecule has 180 valence electrons. The molecule has 1 saturated carbocycles. The summed E-state index contributed by atoms with van der Waals surface area (Å²) in [7, 11) is 0. The molecule has 0 N–H and O–H groups in total. The number of hydrogen-bond donors (Lipinski definition) is 0. The number of hydrogen-bond acceptors (Lipinski definition) is 4. The first kappa shape index (κ1) is 23.0.